The van der Waals surface area contributed by atoms with Gasteiger partial charge in [0.05, 0.1) is 22.3 Å². The fourth-order valence-corrected chi connectivity index (χ4v) is 9.47. The molecule has 1 aliphatic carbocycles. The SMILES string of the molecule is CCCCCCCCCc1cc(Sc2ccccc2)c2c(c1O)C(=O)c1c(Sc3ccc(C(C)(C)C)cc3)cc(CCCCCCCCC)c(O)c1C2=O. The second-order valence-electron chi connectivity index (χ2n) is 16.0. The van der Waals surface area contributed by atoms with Crippen LogP contribution in [0.25, 0.3) is 0 Å². The number of aromatic hydroxyl groups is 2. The minimum Gasteiger partial charge on any atom is -0.507 e. The molecule has 2 N–H and O–H groups in total. The van der Waals surface area contributed by atoms with Gasteiger partial charge in [0, 0.05) is 19.6 Å². The van der Waals surface area contributed by atoms with Gasteiger partial charge in [-0.1, -0.05) is 166 Å². The average molecular weight is 765 g/mol. The number of hydrogen-bond acceptors (Lipinski definition) is 6. The number of unbranched alkanes of at least 4 members (excludes halogenated alkanes) is 12. The molecule has 0 spiro atoms. The van der Waals surface area contributed by atoms with Crippen LogP contribution in [0.3, 0.4) is 0 Å². The maximum Gasteiger partial charge on any atom is 0.199 e. The minimum absolute atomic E-state index is 0.00351. The highest BCUT2D eigenvalue weighted by molar-refractivity contribution is 7.99. The van der Waals surface area contributed by atoms with Crippen LogP contribution < -0.4 is 0 Å². The molecular formula is C48H60O4S2. The Kier molecular flexibility index (Phi) is 15.4. The fourth-order valence-electron chi connectivity index (χ4n) is 7.40. The molecule has 0 heterocycles. The molecule has 288 valence electrons. The van der Waals surface area contributed by atoms with Gasteiger partial charge in [-0.05, 0) is 84.2 Å². The van der Waals surface area contributed by atoms with Gasteiger partial charge in [0.15, 0.2) is 11.6 Å². The van der Waals surface area contributed by atoms with Crippen LogP contribution in [0.5, 0.6) is 11.5 Å². The normalized spacial score (nSPS) is 12.6. The van der Waals surface area contributed by atoms with Gasteiger partial charge in [-0.15, -0.1) is 0 Å². The lowest BCUT2D eigenvalue weighted by Gasteiger charge is -2.26. The Morgan fingerprint density at radius 1 is 0.500 bits per heavy atom. The topological polar surface area (TPSA) is 74.6 Å². The highest BCUT2D eigenvalue weighted by atomic mass is 32.2. The first-order valence-corrected chi connectivity index (χ1v) is 22.1. The van der Waals surface area contributed by atoms with Crippen LogP contribution in [0.1, 0.15) is 173 Å². The number of phenolic OH excluding ortho intramolecular Hbond substituents is 2. The number of hydrogen-bond donors (Lipinski definition) is 2. The zero-order valence-electron chi connectivity index (χ0n) is 33.2. The molecule has 0 bridgehead atoms. The quantitative estimate of drug-likeness (QED) is 0.0769. The van der Waals surface area contributed by atoms with Gasteiger partial charge in [-0.2, -0.15) is 0 Å². The summed E-state index contributed by atoms with van der Waals surface area (Å²) < 4.78 is 0. The summed E-state index contributed by atoms with van der Waals surface area (Å²) in [6, 6.07) is 22.0. The standard InChI is InChI=1S/C48H60O4S2/c1-6-8-10-12-14-16-19-23-33-31-38(53-36-25-21-18-22-26-36)40-42(44(33)49)47(52)41-39(54-37-29-27-35(28-30-37)48(3,4)5)32-34(45(50)43(41)46(40)51)24-20-17-15-13-11-9-7-2/h18,21-22,25-32,49-50H,6-17,19-20,23-24H2,1-5H3. The van der Waals surface area contributed by atoms with Gasteiger partial charge in [0.25, 0.3) is 0 Å². The lowest BCUT2D eigenvalue weighted by Crippen LogP contribution is -2.24. The van der Waals surface area contributed by atoms with E-state index in [0.717, 1.165) is 48.3 Å². The van der Waals surface area contributed by atoms with E-state index in [4.69, 9.17) is 0 Å². The molecule has 0 atom stereocenters. The molecule has 0 fully saturated rings. The molecule has 54 heavy (non-hydrogen) atoms. The van der Waals surface area contributed by atoms with Crippen molar-refractivity contribution < 1.29 is 19.8 Å². The summed E-state index contributed by atoms with van der Waals surface area (Å²) >= 11 is 2.88. The molecule has 1 aliphatic rings. The summed E-state index contributed by atoms with van der Waals surface area (Å²) in [4.78, 5) is 32.9. The summed E-state index contributed by atoms with van der Waals surface area (Å²) in [5, 5.41) is 23.8. The minimum atomic E-state index is -0.403. The Labute approximate surface area is 333 Å². The predicted molar refractivity (Wildman–Crippen MR) is 226 cm³/mol. The maximum atomic E-state index is 14.9. The smallest absolute Gasteiger partial charge is 0.199 e. The first-order valence-electron chi connectivity index (χ1n) is 20.4. The van der Waals surface area contributed by atoms with Crippen molar-refractivity contribution in [2.75, 3.05) is 0 Å². The van der Waals surface area contributed by atoms with Gasteiger partial charge >= 0.3 is 0 Å². The third-order valence-electron chi connectivity index (χ3n) is 10.6. The van der Waals surface area contributed by atoms with Crippen LogP contribution in [-0.2, 0) is 18.3 Å². The van der Waals surface area contributed by atoms with E-state index in [1.54, 1.807) is 0 Å². The van der Waals surface area contributed by atoms with Crippen LogP contribution >= 0.6 is 23.5 Å². The summed E-state index contributed by atoms with van der Waals surface area (Å²) in [5.41, 5.74) is 3.10. The molecule has 5 rings (SSSR count). The number of rotatable bonds is 20. The number of carbonyl (C=O) groups is 2. The molecule has 0 aliphatic heterocycles. The van der Waals surface area contributed by atoms with Crippen LogP contribution in [0.15, 0.2) is 86.3 Å². The van der Waals surface area contributed by atoms with E-state index in [9.17, 15) is 19.8 Å². The fraction of sp³-hybridized carbons (Fsp3) is 0.458. The largest absolute Gasteiger partial charge is 0.507 e. The Balaban J connectivity index is 1.56. The van der Waals surface area contributed by atoms with E-state index in [2.05, 4.69) is 58.9 Å². The van der Waals surface area contributed by atoms with Crippen molar-refractivity contribution in [1.29, 1.82) is 0 Å². The summed E-state index contributed by atoms with van der Waals surface area (Å²) in [6.45, 7) is 11.0. The first kappa shape index (κ1) is 41.7. The molecule has 0 aromatic heterocycles. The molecule has 0 saturated heterocycles. The summed E-state index contributed by atoms with van der Waals surface area (Å²) in [5.74, 6) is -1.01. The Bertz CT molecular complexity index is 1870. The second-order valence-corrected chi connectivity index (χ2v) is 18.2. The zero-order valence-corrected chi connectivity index (χ0v) is 34.8. The summed E-state index contributed by atoms with van der Waals surface area (Å²) in [6.07, 6.45) is 17.2. The Morgan fingerprint density at radius 2 is 0.889 bits per heavy atom. The Hall–Kier alpha value is -3.48. The molecule has 4 aromatic carbocycles. The van der Waals surface area contributed by atoms with Crippen molar-refractivity contribution in [3.63, 3.8) is 0 Å². The molecule has 4 nitrogen and oxygen atoms in total. The van der Waals surface area contributed by atoms with Crippen LogP contribution in [0.4, 0.5) is 0 Å². The number of aryl methyl sites for hydroxylation is 2. The predicted octanol–water partition coefficient (Wildman–Crippen LogP) is 14.1. The first-order chi connectivity index (χ1) is 26.0. The third kappa shape index (κ3) is 10.4. The average Bonchev–Trinajstić information content (AvgIpc) is 3.15. The molecule has 0 unspecified atom stereocenters. The van der Waals surface area contributed by atoms with E-state index < -0.39 is 11.6 Å². The third-order valence-corrected chi connectivity index (χ3v) is 12.7. The number of ketones is 2. The number of fused-ring (bicyclic) bond motifs is 2. The van der Waals surface area contributed by atoms with E-state index >= 15 is 0 Å². The summed E-state index contributed by atoms with van der Waals surface area (Å²) in [7, 11) is 0. The van der Waals surface area contributed by atoms with Crippen molar-refractivity contribution in [2.24, 2.45) is 0 Å². The van der Waals surface area contributed by atoms with E-state index in [0.29, 0.717) is 33.8 Å². The second kappa shape index (κ2) is 19.9. The van der Waals surface area contributed by atoms with Crippen molar-refractivity contribution >= 4 is 35.1 Å². The zero-order chi connectivity index (χ0) is 38.7. The van der Waals surface area contributed by atoms with E-state index in [-0.39, 0.29) is 39.2 Å². The van der Waals surface area contributed by atoms with Crippen molar-refractivity contribution in [3.05, 3.63) is 106 Å². The molecule has 0 amide bonds. The molecule has 0 radical (unpaired) electrons. The van der Waals surface area contributed by atoms with Gasteiger partial charge in [0.2, 0.25) is 0 Å². The molecule has 4 aromatic rings. The van der Waals surface area contributed by atoms with E-state index in [1.165, 1.54) is 80.5 Å². The maximum absolute atomic E-state index is 14.9. The highest BCUT2D eigenvalue weighted by Crippen LogP contribution is 2.48. The van der Waals surface area contributed by atoms with Gasteiger partial charge < -0.3 is 10.2 Å². The van der Waals surface area contributed by atoms with Crippen molar-refractivity contribution in [1.82, 2.24) is 0 Å². The molecule has 0 saturated carbocycles. The van der Waals surface area contributed by atoms with Crippen molar-refractivity contribution in [3.8, 4) is 11.5 Å². The highest BCUT2D eigenvalue weighted by Gasteiger charge is 2.40. The van der Waals surface area contributed by atoms with Crippen molar-refractivity contribution in [2.45, 2.75) is 162 Å². The van der Waals surface area contributed by atoms with Crippen LogP contribution in [-0.4, -0.2) is 21.8 Å². The van der Waals surface area contributed by atoms with Crippen LogP contribution in [0, 0.1) is 0 Å². The van der Waals surface area contributed by atoms with Gasteiger partial charge in [-0.25, -0.2) is 0 Å². The van der Waals surface area contributed by atoms with E-state index in [1.807, 2.05) is 42.5 Å². The molecule has 6 heteroatoms. The Morgan fingerprint density at radius 3 is 1.30 bits per heavy atom. The number of benzene rings is 4. The molecular weight excluding hydrogens is 705 g/mol. The van der Waals surface area contributed by atoms with Crippen LogP contribution in [0.2, 0.25) is 0 Å². The monoisotopic (exact) mass is 764 g/mol. The number of carbonyl (C=O) groups excluding carboxylic acids is 2. The lowest BCUT2D eigenvalue weighted by molar-refractivity contribution is 0.0969. The lowest BCUT2D eigenvalue weighted by atomic mass is 9.80. The van der Waals surface area contributed by atoms with Gasteiger partial charge in [0.1, 0.15) is 11.5 Å². The van der Waals surface area contributed by atoms with Gasteiger partial charge in [-0.3, -0.25) is 9.59 Å². The number of phenols is 2.